The zero-order valence-corrected chi connectivity index (χ0v) is 21.9. The third-order valence-electron chi connectivity index (χ3n) is 6.39. The average Bonchev–Trinajstić information content (AvgIpc) is 2.71. The van der Waals surface area contributed by atoms with Crippen molar-refractivity contribution in [2.24, 2.45) is 11.3 Å². The van der Waals surface area contributed by atoms with Gasteiger partial charge in [0, 0.05) is 49.4 Å². The number of carbonyl (C=O) groups is 1. The van der Waals surface area contributed by atoms with Gasteiger partial charge >= 0.3 is 0 Å². The summed E-state index contributed by atoms with van der Waals surface area (Å²) >= 11 is 0. The van der Waals surface area contributed by atoms with Crippen LogP contribution < -0.4 is 4.90 Å². The van der Waals surface area contributed by atoms with E-state index < -0.39 is 0 Å². The number of amides is 1. The molecular formula is C28H42N4O. The minimum Gasteiger partial charge on any atom is -0.353 e. The molecule has 3 rings (SSSR count). The predicted octanol–water partition coefficient (Wildman–Crippen LogP) is 5.99. The summed E-state index contributed by atoms with van der Waals surface area (Å²) in [6.45, 7) is 20.7. The van der Waals surface area contributed by atoms with Crippen LogP contribution in [0.4, 0.5) is 5.82 Å². The number of benzene rings is 1. The zero-order chi connectivity index (χ0) is 24.3. The van der Waals surface area contributed by atoms with Crippen LogP contribution >= 0.6 is 0 Å². The highest BCUT2D eigenvalue weighted by Crippen LogP contribution is 2.32. The monoisotopic (exact) mass is 450 g/mol. The highest BCUT2D eigenvalue weighted by atomic mass is 16.2. The molecule has 0 bridgehead atoms. The number of piperazine rings is 1. The summed E-state index contributed by atoms with van der Waals surface area (Å²) in [6, 6.07) is 8.38. The van der Waals surface area contributed by atoms with Crippen molar-refractivity contribution >= 4 is 11.7 Å². The Morgan fingerprint density at radius 3 is 2.27 bits per heavy atom. The maximum Gasteiger partial charge on any atom is 0.222 e. The van der Waals surface area contributed by atoms with E-state index in [0.717, 1.165) is 55.5 Å². The lowest BCUT2D eigenvalue weighted by Gasteiger charge is -2.37. The van der Waals surface area contributed by atoms with Crippen LogP contribution in [0, 0.1) is 25.2 Å². The van der Waals surface area contributed by atoms with Gasteiger partial charge in [-0.25, -0.2) is 9.97 Å². The second-order valence-electron chi connectivity index (χ2n) is 11.3. The standard InChI is InChI=1S/C28H42N4O/c1-19(2)25-22(5)29-26(23-11-9-10-20(3)16-23)30-27(25)32-14-12-31(13-15-32)24(33)17-21(4)18-28(6,7)8/h9-11,16,19,21H,12-15,17-18H2,1-8H3. The van der Waals surface area contributed by atoms with Gasteiger partial charge in [0.05, 0.1) is 0 Å². The average molecular weight is 451 g/mol. The van der Waals surface area contributed by atoms with Crippen LogP contribution in [0.15, 0.2) is 24.3 Å². The molecule has 1 amide bonds. The van der Waals surface area contributed by atoms with Gasteiger partial charge in [0.25, 0.3) is 0 Å². The second kappa shape index (κ2) is 10.2. The van der Waals surface area contributed by atoms with Gasteiger partial charge in [-0.15, -0.1) is 0 Å². The topological polar surface area (TPSA) is 49.3 Å². The molecule has 33 heavy (non-hydrogen) atoms. The number of anilines is 1. The van der Waals surface area contributed by atoms with Gasteiger partial charge in [-0.2, -0.15) is 0 Å². The number of aryl methyl sites for hydroxylation is 2. The van der Waals surface area contributed by atoms with Gasteiger partial charge in [-0.05, 0) is 43.6 Å². The summed E-state index contributed by atoms with van der Waals surface area (Å²) in [7, 11) is 0. The van der Waals surface area contributed by atoms with Crippen LogP contribution in [-0.4, -0.2) is 47.0 Å². The smallest absolute Gasteiger partial charge is 0.222 e. The van der Waals surface area contributed by atoms with Crippen molar-refractivity contribution in [3.05, 3.63) is 41.1 Å². The summed E-state index contributed by atoms with van der Waals surface area (Å²) < 4.78 is 0. The first kappa shape index (κ1) is 25.2. The lowest BCUT2D eigenvalue weighted by Crippen LogP contribution is -2.49. The molecule has 1 aromatic carbocycles. The van der Waals surface area contributed by atoms with Gasteiger partial charge < -0.3 is 9.80 Å². The molecule has 1 aromatic heterocycles. The van der Waals surface area contributed by atoms with Gasteiger partial charge in [0.1, 0.15) is 5.82 Å². The number of nitrogens with zero attached hydrogens (tertiary/aromatic N) is 4. The first-order valence-electron chi connectivity index (χ1n) is 12.4. The third kappa shape index (κ3) is 6.55. The fourth-order valence-corrected chi connectivity index (χ4v) is 5.11. The zero-order valence-electron chi connectivity index (χ0n) is 21.9. The van der Waals surface area contributed by atoms with E-state index in [4.69, 9.17) is 9.97 Å². The molecule has 1 fully saturated rings. The van der Waals surface area contributed by atoms with Crippen LogP contribution in [0.25, 0.3) is 11.4 Å². The molecule has 0 radical (unpaired) electrons. The lowest BCUT2D eigenvalue weighted by molar-refractivity contribution is -0.132. The van der Waals surface area contributed by atoms with E-state index in [1.54, 1.807) is 0 Å². The summed E-state index contributed by atoms with van der Waals surface area (Å²) in [4.78, 5) is 27.2. The number of aromatic nitrogens is 2. The Balaban J connectivity index is 1.77. The maximum atomic E-state index is 12.9. The molecule has 1 saturated heterocycles. The Morgan fingerprint density at radius 2 is 1.70 bits per heavy atom. The van der Waals surface area contributed by atoms with E-state index in [1.807, 2.05) is 4.90 Å². The number of rotatable bonds is 6. The summed E-state index contributed by atoms with van der Waals surface area (Å²) in [5.74, 6) is 2.84. The minimum absolute atomic E-state index is 0.255. The van der Waals surface area contributed by atoms with Crippen LogP contribution in [0.2, 0.25) is 0 Å². The molecule has 1 unspecified atom stereocenters. The van der Waals surface area contributed by atoms with Gasteiger partial charge in [-0.1, -0.05) is 65.3 Å². The molecule has 2 heterocycles. The molecular weight excluding hydrogens is 408 g/mol. The largest absolute Gasteiger partial charge is 0.353 e. The molecule has 2 aromatic rings. The van der Waals surface area contributed by atoms with Gasteiger partial charge in [-0.3, -0.25) is 4.79 Å². The SMILES string of the molecule is Cc1cccc(-c2nc(C)c(C(C)C)c(N3CCN(C(=O)CC(C)CC(C)(C)C)CC3)n2)c1. The molecule has 1 aliphatic heterocycles. The highest BCUT2D eigenvalue weighted by Gasteiger charge is 2.27. The molecule has 5 heteroatoms. The van der Waals surface area contributed by atoms with Crippen LogP contribution in [0.3, 0.4) is 0 Å². The van der Waals surface area contributed by atoms with E-state index in [0.29, 0.717) is 18.3 Å². The van der Waals surface area contributed by atoms with E-state index in [2.05, 4.69) is 84.6 Å². The molecule has 1 atom stereocenters. The lowest BCUT2D eigenvalue weighted by atomic mass is 9.84. The Bertz CT molecular complexity index is 968. The van der Waals surface area contributed by atoms with E-state index in [1.165, 1.54) is 11.1 Å². The van der Waals surface area contributed by atoms with Crippen molar-refractivity contribution < 1.29 is 4.79 Å². The molecule has 180 valence electrons. The molecule has 0 spiro atoms. The highest BCUT2D eigenvalue weighted by molar-refractivity contribution is 5.76. The van der Waals surface area contributed by atoms with Crippen LogP contribution in [-0.2, 0) is 4.79 Å². The fraction of sp³-hybridized carbons (Fsp3) is 0.607. The van der Waals surface area contributed by atoms with Crippen LogP contribution in [0.5, 0.6) is 0 Å². The van der Waals surface area contributed by atoms with Gasteiger partial charge in [0.2, 0.25) is 5.91 Å². The summed E-state index contributed by atoms with van der Waals surface area (Å²) in [5, 5.41) is 0. The molecule has 0 saturated carbocycles. The molecule has 5 nitrogen and oxygen atoms in total. The molecule has 0 aliphatic carbocycles. The Morgan fingerprint density at radius 1 is 1.03 bits per heavy atom. The van der Waals surface area contributed by atoms with Crippen molar-refractivity contribution in [2.45, 2.75) is 74.1 Å². The predicted molar refractivity (Wildman–Crippen MR) is 138 cm³/mol. The van der Waals surface area contributed by atoms with E-state index >= 15 is 0 Å². The number of hydrogen-bond acceptors (Lipinski definition) is 4. The van der Waals surface area contributed by atoms with E-state index in [-0.39, 0.29) is 11.3 Å². The fourth-order valence-electron chi connectivity index (χ4n) is 5.11. The quantitative estimate of drug-likeness (QED) is 0.542. The molecule has 0 N–H and O–H groups in total. The molecule has 1 aliphatic rings. The first-order valence-corrected chi connectivity index (χ1v) is 12.4. The van der Waals surface area contributed by atoms with Crippen molar-refractivity contribution in [1.82, 2.24) is 14.9 Å². The number of hydrogen-bond donors (Lipinski definition) is 0. The number of carbonyl (C=O) groups excluding carboxylic acids is 1. The summed E-state index contributed by atoms with van der Waals surface area (Å²) in [5.41, 5.74) is 4.77. The van der Waals surface area contributed by atoms with Crippen molar-refractivity contribution in [3.63, 3.8) is 0 Å². The van der Waals surface area contributed by atoms with E-state index in [9.17, 15) is 4.79 Å². The van der Waals surface area contributed by atoms with Crippen molar-refractivity contribution in [3.8, 4) is 11.4 Å². The Kier molecular flexibility index (Phi) is 7.81. The first-order chi connectivity index (χ1) is 15.4. The third-order valence-corrected chi connectivity index (χ3v) is 6.39. The Hall–Kier alpha value is -2.43. The minimum atomic E-state index is 0.255. The second-order valence-corrected chi connectivity index (χ2v) is 11.3. The summed E-state index contributed by atoms with van der Waals surface area (Å²) in [6.07, 6.45) is 1.71. The van der Waals surface area contributed by atoms with Crippen LogP contribution in [0.1, 0.15) is 77.1 Å². The van der Waals surface area contributed by atoms with Gasteiger partial charge in [0.15, 0.2) is 5.82 Å². The van der Waals surface area contributed by atoms with Crippen molar-refractivity contribution in [2.75, 3.05) is 31.1 Å². The van der Waals surface area contributed by atoms with Crippen molar-refractivity contribution in [1.29, 1.82) is 0 Å². The maximum absolute atomic E-state index is 12.9. The Labute approximate surface area is 200 Å². The normalized spacial score (nSPS) is 15.8.